The molecular weight excluding hydrogens is 226 g/mol. The van der Waals surface area contributed by atoms with Crippen molar-refractivity contribution in [2.45, 2.75) is 20.8 Å². The Morgan fingerprint density at radius 2 is 1.61 bits per heavy atom. The molecule has 0 aliphatic heterocycles. The summed E-state index contributed by atoms with van der Waals surface area (Å²) in [5.74, 6) is 1.82. The molecule has 0 aliphatic carbocycles. The molecule has 0 bridgehead atoms. The fourth-order valence-electron chi connectivity index (χ4n) is 1.80. The highest BCUT2D eigenvalue weighted by atomic mass is 16.5. The Morgan fingerprint density at radius 3 is 2.22 bits per heavy atom. The second-order valence-electron chi connectivity index (χ2n) is 4.46. The molecule has 0 aliphatic rings. The molecule has 0 saturated heterocycles. The Labute approximate surface area is 107 Å². The number of rotatable bonds is 2. The van der Waals surface area contributed by atoms with Crippen LogP contribution in [0.2, 0.25) is 0 Å². The molecule has 2 aromatic carbocycles. The molecule has 3 N–H and O–H groups in total. The highest BCUT2D eigenvalue weighted by molar-refractivity contribution is 5.53. The minimum atomic E-state index is 0.331. The Balaban J connectivity index is 2.38. The van der Waals surface area contributed by atoms with Gasteiger partial charge in [0.25, 0.3) is 0 Å². The summed E-state index contributed by atoms with van der Waals surface area (Å²) in [6.07, 6.45) is 0. The van der Waals surface area contributed by atoms with Crippen LogP contribution in [0.3, 0.4) is 0 Å². The van der Waals surface area contributed by atoms with Crippen LogP contribution in [-0.2, 0) is 0 Å². The monoisotopic (exact) mass is 243 g/mol. The maximum absolute atomic E-state index is 9.84. The molecule has 18 heavy (non-hydrogen) atoms. The van der Waals surface area contributed by atoms with Gasteiger partial charge in [-0.3, -0.25) is 0 Å². The summed E-state index contributed by atoms with van der Waals surface area (Å²) in [6, 6.07) is 9.09. The van der Waals surface area contributed by atoms with E-state index >= 15 is 0 Å². The predicted octanol–water partition coefficient (Wildman–Crippen LogP) is 3.69. The van der Waals surface area contributed by atoms with Crippen LogP contribution < -0.4 is 10.5 Å². The molecule has 0 fully saturated rings. The van der Waals surface area contributed by atoms with Crippen molar-refractivity contribution in [2.24, 2.45) is 0 Å². The highest BCUT2D eigenvalue weighted by Crippen LogP contribution is 2.34. The van der Waals surface area contributed by atoms with E-state index in [1.165, 1.54) is 0 Å². The Hall–Kier alpha value is -2.16. The Kier molecular flexibility index (Phi) is 3.15. The van der Waals surface area contributed by atoms with Gasteiger partial charge >= 0.3 is 0 Å². The number of nitrogen functional groups attached to an aromatic ring is 1. The lowest BCUT2D eigenvalue weighted by Crippen LogP contribution is -1.93. The SMILES string of the molecule is Cc1cc(Oc2ccc(N)cc2)c(C)c(C)c1O. The molecule has 0 heterocycles. The van der Waals surface area contributed by atoms with Crippen LogP contribution in [-0.4, -0.2) is 5.11 Å². The van der Waals surface area contributed by atoms with Crippen LogP contribution >= 0.6 is 0 Å². The minimum Gasteiger partial charge on any atom is -0.507 e. The van der Waals surface area contributed by atoms with Crippen LogP contribution in [0.15, 0.2) is 30.3 Å². The lowest BCUT2D eigenvalue weighted by Gasteiger charge is -2.14. The summed E-state index contributed by atoms with van der Waals surface area (Å²) in [5.41, 5.74) is 8.93. The van der Waals surface area contributed by atoms with Crippen LogP contribution in [0.1, 0.15) is 16.7 Å². The molecule has 0 radical (unpaired) electrons. The lowest BCUT2D eigenvalue weighted by molar-refractivity contribution is 0.454. The number of hydrogen-bond acceptors (Lipinski definition) is 3. The number of anilines is 1. The zero-order valence-corrected chi connectivity index (χ0v) is 10.8. The normalized spacial score (nSPS) is 10.4. The summed E-state index contributed by atoms with van der Waals surface area (Å²) in [4.78, 5) is 0. The van der Waals surface area contributed by atoms with Gasteiger partial charge in [-0.25, -0.2) is 0 Å². The lowest BCUT2D eigenvalue weighted by atomic mass is 10.0. The standard InChI is InChI=1S/C15H17NO2/c1-9-8-14(10(2)11(3)15(9)17)18-13-6-4-12(16)5-7-13/h4-8,17H,16H2,1-3H3. The van der Waals surface area contributed by atoms with E-state index in [-0.39, 0.29) is 0 Å². The summed E-state index contributed by atoms with van der Waals surface area (Å²) in [5, 5.41) is 9.84. The number of aromatic hydroxyl groups is 1. The van der Waals surface area contributed by atoms with Gasteiger partial charge < -0.3 is 15.6 Å². The largest absolute Gasteiger partial charge is 0.507 e. The second-order valence-corrected chi connectivity index (χ2v) is 4.46. The fourth-order valence-corrected chi connectivity index (χ4v) is 1.80. The average Bonchev–Trinajstić information content (AvgIpc) is 2.36. The van der Waals surface area contributed by atoms with Gasteiger partial charge in [-0.05, 0) is 67.8 Å². The van der Waals surface area contributed by atoms with Crippen LogP contribution in [0.25, 0.3) is 0 Å². The van der Waals surface area contributed by atoms with Crippen molar-refractivity contribution in [1.82, 2.24) is 0 Å². The molecule has 2 aromatic rings. The molecule has 3 heteroatoms. The molecule has 0 saturated carbocycles. The fraction of sp³-hybridized carbons (Fsp3) is 0.200. The molecule has 0 spiro atoms. The van der Waals surface area contributed by atoms with E-state index in [0.29, 0.717) is 11.4 Å². The number of aryl methyl sites for hydroxylation is 1. The maximum atomic E-state index is 9.84. The third-order valence-electron chi connectivity index (χ3n) is 3.12. The molecular formula is C15H17NO2. The summed E-state index contributed by atoms with van der Waals surface area (Å²) >= 11 is 0. The number of phenols is 1. The Morgan fingerprint density at radius 1 is 1.00 bits per heavy atom. The molecule has 0 aromatic heterocycles. The topological polar surface area (TPSA) is 55.5 Å². The summed E-state index contributed by atoms with van der Waals surface area (Å²) in [6.45, 7) is 5.67. The van der Waals surface area contributed by atoms with Crippen molar-refractivity contribution in [3.63, 3.8) is 0 Å². The predicted molar refractivity (Wildman–Crippen MR) is 73.2 cm³/mol. The van der Waals surface area contributed by atoms with E-state index in [0.717, 1.165) is 28.2 Å². The number of hydrogen-bond donors (Lipinski definition) is 2. The van der Waals surface area contributed by atoms with Gasteiger partial charge in [0.1, 0.15) is 17.2 Å². The first-order valence-electron chi connectivity index (χ1n) is 5.82. The average molecular weight is 243 g/mol. The maximum Gasteiger partial charge on any atom is 0.131 e. The van der Waals surface area contributed by atoms with Gasteiger partial charge in [0.2, 0.25) is 0 Å². The molecule has 0 unspecified atom stereocenters. The van der Waals surface area contributed by atoms with E-state index in [9.17, 15) is 5.11 Å². The Bertz CT molecular complexity index is 574. The van der Waals surface area contributed by atoms with E-state index in [1.807, 2.05) is 39.0 Å². The van der Waals surface area contributed by atoms with Crippen LogP contribution in [0.4, 0.5) is 5.69 Å². The van der Waals surface area contributed by atoms with Gasteiger partial charge in [-0.15, -0.1) is 0 Å². The molecule has 3 nitrogen and oxygen atoms in total. The zero-order chi connectivity index (χ0) is 13.3. The molecule has 2 rings (SSSR count). The quantitative estimate of drug-likeness (QED) is 0.791. The number of ether oxygens (including phenoxy) is 1. The van der Waals surface area contributed by atoms with E-state index in [4.69, 9.17) is 10.5 Å². The van der Waals surface area contributed by atoms with E-state index < -0.39 is 0 Å². The molecule has 94 valence electrons. The van der Waals surface area contributed by atoms with Crippen molar-refractivity contribution in [1.29, 1.82) is 0 Å². The van der Waals surface area contributed by atoms with Crippen molar-refractivity contribution < 1.29 is 9.84 Å². The van der Waals surface area contributed by atoms with Crippen molar-refractivity contribution in [3.05, 3.63) is 47.0 Å². The summed E-state index contributed by atoms with van der Waals surface area (Å²) in [7, 11) is 0. The van der Waals surface area contributed by atoms with Gasteiger partial charge in [0.15, 0.2) is 0 Å². The number of phenolic OH excluding ortho intramolecular Hbond substituents is 1. The van der Waals surface area contributed by atoms with Gasteiger partial charge in [-0.1, -0.05) is 0 Å². The first-order chi connectivity index (χ1) is 8.49. The van der Waals surface area contributed by atoms with Gasteiger partial charge in [0, 0.05) is 5.69 Å². The highest BCUT2D eigenvalue weighted by Gasteiger charge is 2.10. The van der Waals surface area contributed by atoms with Crippen molar-refractivity contribution in [2.75, 3.05) is 5.73 Å². The first-order valence-corrected chi connectivity index (χ1v) is 5.82. The minimum absolute atomic E-state index is 0.331. The number of nitrogens with two attached hydrogens (primary N) is 1. The molecule has 0 atom stereocenters. The van der Waals surface area contributed by atoms with E-state index in [2.05, 4.69) is 0 Å². The zero-order valence-electron chi connectivity index (χ0n) is 10.8. The third kappa shape index (κ3) is 2.25. The van der Waals surface area contributed by atoms with E-state index in [1.54, 1.807) is 12.1 Å². The second kappa shape index (κ2) is 4.61. The summed E-state index contributed by atoms with van der Waals surface area (Å²) < 4.78 is 5.81. The van der Waals surface area contributed by atoms with Crippen LogP contribution in [0, 0.1) is 20.8 Å². The van der Waals surface area contributed by atoms with Gasteiger partial charge in [-0.2, -0.15) is 0 Å². The van der Waals surface area contributed by atoms with Gasteiger partial charge in [0.05, 0.1) is 0 Å². The first kappa shape index (κ1) is 12.3. The smallest absolute Gasteiger partial charge is 0.131 e. The van der Waals surface area contributed by atoms with Crippen molar-refractivity contribution in [3.8, 4) is 17.2 Å². The van der Waals surface area contributed by atoms with Crippen LogP contribution in [0.5, 0.6) is 17.2 Å². The number of benzene rings is 2. The third-order valence-corrected chi connectivity index (χ3v) is 3.12. The van der Waals surface area contributed by atoms with Crippen molar-refractivity contribution >= 4 is 5.69 Å². The molecule has 0 amide bonds.